The number of carbonyl (C=O) groups is 2. The molecule has 0 bridgehead atoms. The number of Topliss-reactive ketones (excluding diaryl/α,β-unsaturated/α-hetero) is 1. The minimum absolute atomic E-state index is 0.303. The number of aldehydes is 1. The van der Waals surface area contributed by atoms with E-state index in [0.717, 1.165) is 0 Å². The van der Waals surface area contributed by atoms with Crippen LogP contribution in [0.1, 0.15) is 22.6 Å². The predicted molar refractivity (Wildman–Crippen MR) is 42.0 cm³/mol. The lowest BCUT2D eigenvalue weighted by Crippen LogP contribution is -2.11. The molecule has 1 rings (SSSR count). The summed E-state index contributed by atoms with van der Waals surface area (Å²) in [7, 11) is 0. The Hall–Kier alpha value is -1.79. The van der Waals surface area contributed by atoms with E-state index in [1.807, 2.05) is 0 Å². The zero-order valence-electron chi connectivity index (χ0n) is 7.28. The van der Waals surface area contributed by atoms with Crippen LogP contribution in [0, 0.1) is 0 Å². The van der Waals surface area contributed by atoms with E-state index < -0.39 is 29.8 Å². The summed E-state index contributed by atoms with van der Waals surface area (Å²) in [6.45, 7) is 0. The third-order valence-electron chi connectivity index (χ3n) is 1.51. The monoisotopic (exact) mass is 218 g/mol. The molecule has 15 heavy (non-hydrogen) atoms. The van der Waals surface area contributed by atoms with Gasteiger partial charge in [0.15, 0.2) is 5.78 Å². The molecule has 80 valence electrons. The second-order valence-corrected chi connectivity index (χ2v) is 2.58. The summed E-state index contributed by atoms with van der Waals surface area (Å²) < 4.78 is 36.4. The summed E-state index contributed by atoms with van der Waals surface area (Å²) in [5.74, 6) is -0.766. The van der Waals surface area contributed by atoms with Crippen molar-refractivity contribution in [2.75, 3.05) is 0 Å². The molecule has 0 aromatic carbocycles. The lowest BCUT2D eigenvalue weighted by Gasteiger charge is -2.05. The number of aromatic nitrogens is 2. The van der Waals surface area contributed by atoms with Crippen LogP contribution in [0.2, 0.25) is 0 Å². The summed E-state index contributed by atoms with van der Waals surface area (Å²) in [4.78, 5) is 27.3. The Morgan fingerprint density at radius 1 is 1.40 bits per heavy atom. The van der Waals surface area contributed by atoms with Crippen molar-refractivity contribution in [3.05, 3.63) is 23.8 Å². The highest BCUT2D eigenvalue weighted by Crippen LogP contribution is 2.27. The number of ketones is 1. The van der Waals surface area contributed by atoms with Gasteiger partial charge < -0.3 is 4.79 Å². The van der Waals surface area contributed by atoms with Crippen LogP contribution in [0.25, 0.3) is 0 Å². The summed E-state index contributed by atoms with van der Waals surface area (Å²) in [5, 5.41) is 0. The van der Waals surface area contributed by atoms with Gasteiger partial charge in [0.05, 0.1) is 6.42 Å². The number of halogens is 3. The van der Waals surface area contributed by atoms with Gasteiger partial charge in [0.1, 0.15) is 24.0 Å². The first-order chi connectivity index (χ1) is 6.95. The van der Waals surface area contributed by atoms with Gasteiger partial charge in [0.2, 0.25) is 0 Å². The Balaban J connectivity index is 3.03. The fourth-order valence-electron chi connectivity index (χ4n) is 0.845. The molecule has 0 atom stereocenters. The number of alkyl halides is 3. The van der Waals surface area contributed by atoms with E-state index >= 15 is 0 Å². The van der Waals surface area contributed by atoms with E-state index in [4.69, 9.17) is 0 Å². The van der Waals surface area contributed by atoms with Gasteiger partial charge >= 0.3 is 6.18 Å². The third-order valence-corrected chi connectivity index (χ3v) is 1.51. The average molecular weight is 218 g/mol. The van der Waals surface area contributed by atoms with Crippen LogP contribution in [0.3, 0.4) is 0 Å². The van der Waals surface area contributed by atoms with Gasteiger partial charge in [-0.05, 0) is 6.07 Å². The SMILES string of the molecule is O=CCC(=O)c1cc(C(F)(F)F)ncn1. The average Bonchev–Trinajstić information content (AvgIpc) is 2.17. The van der Waals surface area contributed by atoms with Crippen molar-refractivity contribution >= 4 is 12.1 Å². The molecule has 4 nitrogen and oxygen atoms in total. The summed E-state index contributed by atoms with van der Waals surface area (Å²) in [6.07, 6.45) is -4.17. The van der Waals surface area contributed by atoms with Gasteiger partial charge in [-0.3, -0.25) is 4.79 Å². The molecule has 0 aliphatic rings. The number of hydrogen-bond donors (Lipinski definition) is 0. The van der Waals surface area contributed by atoms with Gasteiger partial charge in [-0.1, -0.05) is 0 Å². The van der Waals surface area contributed by atoms with E-state index in [9.17, 15) is 22.8 Å². The van der Waals surface area contributed by atoms with Gasteiger partial charge in [0, 0.05) is 0 Å². The fraction of sp³-hybridized carbons (Fsp3) is 0.250. The molecule has 0 aliphatic heterocycles. The lowest BCUT2D eigenvalue weighted by molar-refractivity contribution is -0.141. The molecule has 1 heterocycles. The minimum atomic E-state index is -4.63. The van der Waals surface area contributed by atoms with Crippen molar-refractivity contribution in [3.63, 3.8) is 0 Å². The van der Waals surface area contributed by atoms with Crippen molar-refractivity contribution in [3.8, 4) is 0 Å². The van der Waals surface area contributed by atoms with Gasteiger partial charge in [-0.2, -0.15) is 13.2 Å². The molecule has 0 saturated heterocycles. The van der Waals surface area contributed by atoms with Crippen LogP contribution in [0.5, 0.6) is 0 Å². The highest BCUT2D eigenvalue weighted by atomic mass is 19.4. The molecule has 0 fully saturated rings. The number of hydrogen-bond acceptors (Lipinski definition) is 4. The standard InChI is InChI=1S/C8H5F3N2O2/c9-8(10,11)7-3-5(12-4-13-7)6(15)1-2-14/h2-4H,1H2. The molecule has 0 amide bonds. The second kappa shape index (κ2) is 4.16. The van der Waals surface area contributed by atoms with Crippen LogP contribution in [0.4, 0.5) is 13.2 Å². The minimum Gasteiger partial charge on any atom is -0.303 e. The third kappa shape index (κ3) is 2.83. The normalized spacial score (nSPS) is 11.1. The molecule has 0 spiro atoms. The molecular weight excluding hydrogens is 213 g/mol. The zero-order chi connectivity index (χ0) is 11.5. The van der Waals surface area contributed by atoms with Crippen LogP contribution >= 0.6 is 0 Å². The molecule has 0 unspecified atom stereocenters. The molecule has 0 N–H and O–H groups in total. The number of rotatable bonds is 3. The van der Waals surface area contributed by atoms with Crippen molar-refractivity contribution in [1.82, 2.24) is 9.97 Å². The van der Waals surface area contributed by atoms with E-state index in [-0.39, 0.29) is 0 Å². The van der Waals surface area contributed by atoms with E-state index in [0.29, 0.717) is 18.7 Å². The van der Waals surface area contributed by atoms with Crippen molar-refractivity contribution in [2.24, 2.45) is 0 Å². The fourth-order valence-corrected chi connectivity index (χ4v) is 0.845. The summed E-state index contributed by atoms with van der Waals surface area (Å²) in [5.41, 5.74) is -1.61. The molecular formula is C8H5F3N2O2. The Morgan fingerprint density at radius 3 is 2.60 bits per heavy atom. The Morgan fingerprint density at radius 2 is 2.07 bits per heavy atom. The van der Waals surface area contributed by atoms with Gasteiger partial charge in [-0.15, -0.1) is 0 Å². The maximum atomic E-state index is 12.1. The second-order valence-electron chi connectivity index (χ2n) is 2.58. The summed E-state index contributed by atoms with van der Waals surface area (Å²) >= 11 is 0. The molecule has 0 saturated carbocycles. The first-order valence-corrected chi connectivity index (χ1v) is 3.81. The smallest absolute Gasteiger partial charge is 0.303 e. The van der Waals surface area contributed by atoms with Crippen molar-refractivity contribution in [1.29, 1.82) is 0 Å². The largest absolute Gasteiger partial charge is 0.433 e. The molecule has 0 radical (unpaired) electrons. The number of nitrogens with zero attached hydrogens (tertiary/aromatic N) is 2. The first kappa shape index (κ1) is 11.3. The van der Waals surface area contributed by atoms with Crippen molar-refractivity contribution < 1.29 is 22.8 Å². The van der Waals surface area contributed by atoms with Crippen LogP contribution < -0.4 is 0 Å². The van der Waals surface area contributed by atoms with Crippen LogP contribution in [0.15, 0.2) is 12.4 Å². The Bertz CT molecular complexity index is 390. The van der Waals surface area contributed by atoms with Gasteiger partial charge in [-0.25, -0.2) is 9.97 Å². The summed E-state index contributed by atoms with van der Waals surface area (Å²) in [6, 6.07) is 0.520. The Labute approximate surface area is 82.2 Å². The van der Waals surface area contributed by atoms with E-state index in [1.165, 1.54) is 0 Å². The maximum absolute atomic E-state index is 12.1. The Kier molecular flexibility index (Phi) is 3.13. The highest BCUT2D eigenvalue weighted by Gasteiger charge is 2.33. The van der Waals surface area contributed by atoms with Crippen LogP contribution in [-0.4, -0.2) is 22.0 Å². The van der Waals surface area contributed by atoms with Gasteiger partial charge in [0.25, 0.3) is 0 Å². The maximum Gasteiger partial charge on any atom is 0.433 e. The molecule has 1 aromatic rings. The molecule has 0 aliphatic carbocycles. The number of carbonyl (C=O) groups excluding carboxylic acids is 2. The predicted octanol–water partition coefficient (Wildman–Crippen LogP) is 1.27. The molecule has 7 heteroatoms. The van der Waals surface area contributed by atoms with Crippen molar-refractivity contribution in [2.45, 2.75) is 12.6 Å². The van der Waals surface area contributed by atoms with E-state index in [2.05, 4.69) is 9.97 Å². The highest BCUT2D eigenvalue weighted by molar-refractivity contribution is 6.01. The molecule has 1 aromatic heterocycles. The quantitative estimate of drug-likeness (QED) is 0.435. The first-order valence-electron chi connectivity index (χ1n) is 3.81. The lowest BCUT2D eigenvalue weighted by atomic mass is 10.2. The zero-order valence-corrected chi connectivity index (χ0v) is 7.28. The topological polar surface area (TPSA) is 59.9 Å². The van der Waals surface area contributed by atoms with Crippen LogP contribution in [-0.2, 0) is 11.0 Å². The van der Waals surface area contributed by atoms with E-state index in [1.54, 1.807) is 0 Å².